The van der Waals surface area contributed by atoms with Crippen molar-refractivity contribution < 1.29 is 9.64 Å². The van der Waals surface area contributed by atoms with E-state index in [-0.39, 0.29) is 0 Å². The first kappa shape index (κ1) is 14.0. The van der Waals surface area contributed by atoms with E-state index in [1.54, 1.807) is 16.7 Å². The number of nitrogens with one attached hydrogen (secondary N) is 1. The highest BCUT2D eigenvalue weighted by molar-refractivity contribution is 8.01. The number of thioether (sulfide) groups is 1. The van der Waals surface area contributed by atoms with Gasteiger partial charge in [0.15, 0.2) is 4.34 Å². The van der Waals surface area contributed by atoms with Crippen LogP contribution < -0.4 is 10.6 Å². The van der Waals surface area contributed by atoms with Gasteiger partial charge in [-0.3, -0.25) is 0 Å². The molecule has 102 valence electrons. The third kappa shape index (κ3) is 4.38. The van der Waals surface area contributed by atoms with Crippen LogP contribution in [-0.2, 0) is 4.74 Å². The highest BCUT2D eigenvalue weighted by Gasteiger charge is 2.24. The van der Waals surface area contributed by atoms with Crippen molar-refractivity contribution in [1.82, 2.24) is 10.2 Å². The Bertz CT molecular complexity index is 372. The molecule has 1 aromatic heterocycles. The maximum atomic E-state index is 5.80. The van der Waals surface area contributed by atoms with Crippen LogP contribution in [0.25, 0.3) is 0 Å². The maximum absolute atomic E-state index is 5.80. The topological polar surface area (TPSA) is 65.5 Å². The van der Waals surface area contributed by atoms with E-state index in [1.165, 1.54) is 17.9 Å². The summed E-state index contributed by atoms with van der Waals surface area (Å²) in [4.78, 5) is 1.65. The number of anilines is 1. The van der Waals surface area contributed by atoms with Gasteiger partial charge in [0.1, 0.15) is 19.2 Å². The van der Waals surface area contributed by atoms with Crippen LogP contribution in [-0.4, -0.2) is 48.3 Å². The van der Waals surface area contributed by atoms with Gasteiger partial charge < -0.3 is 15.4 Å². The Balaban J connectivity index is 1.75. The predicted octanol–water partition coefficient (Wildman–Crippen LogP) is 0.152. The van der Waals surface area contributed by atoms with Gasteiger partial charge in [-0.1, -0.05) is 36.9 Å². The van der Waals surface area contributed by atoms with E-state index in [9.17, 15) is 0 Å². The van der Waals surface area contributed by atoms with Crippen LogP contribution in [0.5, 0.6) is 0 Å². The van der Waals surface area contributed by atoms with E-state index >= 15 is 0 Å². The molecule has 1 unspecified atom stereocenters. The fourth-order valence-electron chi connectivity index (χ4n) is 2.17. The lowest BCUT2D eigenvalue weighted by Crippen LogP contribution is -3.15. The summed E-state index contributed by atoms with van der Waals surface area (Å²) in [5.41, 5.74) is 5.56. The van der Waals surface area contributed by atoms with Crippen molar-refractivity contribution in [1.29, 1.82) is 0 Å². The lowest BCUT2D eigenvalue weighted by molar-refractivity contribution is -0.914. The molecule has 0 aromatic carbocycles. The van der Waals surface area contributed by atoms with Crippen molar-refractivity contribution in [3.8, 4) is 0 Å². The van der Waals surface area contributed by atoms with Crippen molar-refractivity contribution in [3.63, 3.8) is 0 Å². The van der Waals surface area contributed by atoms with Gasteiger partial charge >= 0.3 is 0 Å². The summed E-state index contributed by atoms with van der Waals surface area (Å²) in [6.45, 7) is 8.87. The molecule has 18 heavy (non-hydrogen) atoms. The molecule has 0 amide bonds. The summed E-state index contributed by atoms with van der Waals surface area (Å²) < 4.78 is 6.74. The van der Waals surface area contributed by atoms with Crippen LogP contribution in [0.2, 0.25) is 0 Å². The van der Waals surface area contributed by atoms with Crippen molar-refractivity contribution >= 4 is 28.2 Å². The molecule has 5 nitrogen and oxygen atoms in total. The lowest BCUT2D eigenvalue weighted by atomic mass is 10.2. The number of ether oxygens (including phenoxy) is 1. The zero-order chi connectivity index (χ0) is 13.0. The molecule has 1 aliphatic heterocycles. The molecular formula is C11H21N4OS2+. The molecule has 0 aliphatic carbocycles. The molecule has 1 fully saturated rings. The molecule has 0 spiro atoms. The van der Waals surface area contributed by atoms with Crippen LogP contribution >= 0.6 is 23.1 Å². The fraction of sp³-hybridized carbons (Fsp3) is 0.818. The Morgan fingerprint density at radius 1 is 1.56 bits per heavy atom. The van der Waals surface area contributed by atoms with E-state index in [2.05, 4.69) is 24.0 Å². The molecule has 1 saturated heterocycles. The highest BCUT2D eigenvalue weighted by atomic mass is 32.2. The van der Waals surface area contributed by atoms with Crippen LogP contribution in [0.3, 0.4) is 0 Å². The fourth-order valence-corrected chi connectivity index (χ4v) is 3.84. The molecule has 2 atom stereocenters. The molecule has 1 aliphatic rings. The minimum absolute atomic E-state index is 0.322. The number of aromatic nitrogens is 2. The SMILES string of the molecule is CC(C)C[NH+]1CCO[C@@H](CSc2nnc(N)s2)C1. The van der Waals surface area contributed by atoms with Gasteiger partial charge in [-0.2, -0.15) is 0 Å². The van der Waals surface area contributed by atoms with Crippen molar-refractivity contribution in [3.05, 3.63) is 0 Å². The number of nitrogens with zero attached hydrogens (tertiary/aromatic N) is 2. The van der Waals surface area contributed by atoms with Gasteiger partial charge in [-0.05, 0) is 0 Å². The molecule has 0 saturated carbocycles. The minimum atomic E-state index is 0.322. The Hall–Kier alpha value is -0.370. The van der Waals surface area contributed by atoms with Gasteiger partial charge in [-0.15, -0.1) is 10.2 Å². The van der Waals surface area contributed by atoms with Crippen LogP contribution in [0, 0.1) is 5.92 Å². The lowest BCUT2D eigenvalue weighted by Gasteiger charge is -2.30. The first-order chi connectivity index (χ1) is 8.63. The summed E-state index contributed by atoms with van der Waals surface area (Å²) >= 11 is 3.14. The van der Waals surface area contributed by atoms with Crippen LogP contribution in [0.1, 0.15) is 13.8 Å². The zero-order valence-electron chi connectivity index (χ0n) is 10.9. The molecule has 1 aromatic rings. The molecule has 2 heterocycles. The van der Waals surface area contributed by atoms with E-state index in [1.807, 2.05) is 0 Å². The number of hydrogen-bond donors (Lipinski definition) is 2. The second-order valence-electron chi connectivity index (χ2n) is 5.01. The summed E-state index contributed by atoms with van der Waals surface area (Å²) in [7, 11) is 0. The van der Waals surface area contributed by atoms with Gasteiger partial charge in [0.2, 0.25) is 5.13 Å². The van der Waals surface area contributed by atoms with Crippen LogP contribution in [0.4, 0.5) is 5.13 Å². The highest BCUT2D eigenvalue weighted by Crippen LogP contribution is 2.24. The third-order valence-electron chi connectivity index (χ3n) is 2.84. The van der Waals surface area contributed by atoms with Crippen molar-refractivity contribution in [2.24, 2.45) is 5.92 Å². The molecule has 3 N–H and O–H groups in total. The molecular weight excluding hydrogens is 268 g/mol. The van der Waals surface area contributed by atoms with Gasteiger partial charge in [-0.25, -0.2) is 0 Å². The molecule has 2 rings (SSSR count). The van der Waals surface area contributed by atoms with E-state index < -0.39 is 0 Å². The van der Waals surface area contributed by atoms with E-state index in [0.717, 1.165) is 35.7 Å². The first-order valence-electron chi connectivity index (χ1n) is 6.30. The number of hydrogen-bond acceptors (Lipinski definition) is 6. The Morgan fingerprint density at radius 3 is 3.06 bits per heavy atom. The summed E-state index contributed by atoms with van der Waals surface area (Å²) in [6.07, 6.45) is 0.322. The average Bonchev–Trinajstić information content (AvgIpc) is 2.72. The minimum Gasteiger partial charge on any atom is -0.374 e. The quantitative estimate of drug-likeness (QED) is 0.756. The molecule has 0 bridgehead atoms. The van der Waals surface area contributed by atoms with Crippen LogP contribution in [0.15, 0.2) is 4.34 Å². The maximum Gasteiger partial charge on any atom is 0.203 e. The van der Waals surface area contributed by atoms with E-state index in [4.69, 9.17) is 10.5 Å². The van der Waals surface area contributed by atoms with Gasteiger partial charge in [0.25, 0.3) is 0 Å². The summed E-state index contributed by atoms with van der Waals surface area (Å²) in [5.74, 6) is 1.69. The number of morpholine rings is 1. The summed E-state index contributed by atoms with van der Waals surface area (Å²) in [6, 6.07) is 0. The summed E-state index contributed by atoms with van der Waals surface area (Å²) in [5, 5.41) is 8.36. The van der Waals surface area contributed by atoms with Gasteiger partial charge in [0, 0.05) is 11.7 Å². The third-order valence-corrected chi connectivity index (χ3v) is 4.85. The number of rotatable bonds is 5. The number of nitrogen functional groups attached to an aromatic ring is 1. The van der Waals surface area contributed by atoms with Crippen molar-refractivity contribution in [2.75, 3.05) is 37.7 Å². The standard InChI is InChI=1S/C11H20N4OS2/c1-8(2)5-15-3-4-16-9(6-15)7-17-11-14-13-10(12)18-11/h8-9H,3-7H2,1-2H3,(H2,12,13)/p+1/t9-/m1/s1. The Kier molecular flexibility index (Phi) is 5.23. The largest absolute Gasteiger partial charge is 0.374 e. The smallest absolute Gasteiger partial charge is 0.203 e. The predicted molar refractivity (Wildman–Crippen MR) is 75.2 cm³/mol. The Labute approximate surface area is 116 Å². The first-order valence-corrected chi connectivity index (χ1v) is 8.10. The second-order valence-corrected chi connectivity index (χ2v) is 7.29. The zero-order valence-corrected chi connectivity index (χ0v) is 12.5. The second kappa shape index (κ2) is 6.70. The average molecular weight is 289 g/mol. The van der Waals surface area contributed by atoms with E-state index in [0.29, 0.717) is 11.2 Å². The Morgan fingerprint density at radius 2 is 2.39 bits per heavy atom. The number of quaternary nitrogens is 1. The molecule has 7 heteroatoms. The number of nitrogens with two attached hydrogens (primary N) is 1. The van der Waals surface area contributed by atoms with Crippen molar-refractivity contribution in [2.45, 2.75) is 24.3 Å². The monoisotopic (exact) mass is 289 g/mol. The molecule has 0 radical (unpaired) electrons. The van der Waals surface area contributed by atoms with Gasteiger partial charge in [0.05, 0.1) is 13.2 Å². The normalized spacial score (nSPS) is 24.6.